The Morgan fingerprint density at radius 1 is 0.857 bits per heavy atom. The highest BCUT2D eigenvalue weighted by atomic mass is 16.5. The van der Waals surface area contributed by atoms with Gasteiger partial charge < -0.3 is 4.74 Å². The van der Waals surface area contributed by atoms with Crippen molar-refractivity contribution >= 4 is 0 Å². The lowest BCUT2D eigenvalue weighted by atomic mass is 9.68. The van der Waals surface area contributed by atoms with Crippen molar-refractivity contribution < 1.29 is 4.74 Å². The maximum atomic E-state index is 5.06. The summed E-state index contributed by atoms with van der Waals surface area (Å²) in [7, 11) is 1.75. The lowest BCUT2D eigenvalue weighted by Crippen LogP contribution is -2.25. The third-order valence-corrected chi connectivity index (χ3v) is 6.08. The summed E-state index contributed by atoms with van der Waals surface area (Å²) in [6.45, 7) is 2.31. The van der Waals surface area contributed by atoms with Crippen LogP contribution < -0.4 is 0 Å². The Bertz CT molecular complexity index is 280. The third kappa shape index (κ3) is 5.68. The summed E-state index contributed by atoms with van der Waals surface area (Å²) in [5.41, 5.74) is 0. The molecule has 0 radical (unpaired) electrons. The van der Waals surface area contributed by atoms with Crippen molar-refractivity contribution in [3.05, 3.63) is 12.3 Å². The van der Waals surface area contributed by atoms with E-state index in [0.29, 0.717) is 0 Å². The first-order valence-electron chi connectivity index (χ1n) is 9.53. The molecule has 0 unspecified atom stereocenters. The van der Waals surface area contributed by atoms with Crippen LogP contribution in [-0.4, -0.2) is 7.11 Å². The Hall–Kier alpha value is -0.460. The SMILES string of the molecule is CCCCCC1CCC(C2CCC(/C=C/OC)CC2)CC1. The number of rotatable bonds is 7. The van der Waals surface area contributed by atoms with Crippen molar-refractivity contribution in [2.45, 2.75) is 84.0 Å². The smallest absolute Gasteiger partial charge is 0.0787 e. The van der Waals surface area contributed by atoms with Gasteiger partial charge in [-0.3, -0.25) is 0 Å². The second-order valence-electron chi connectivity index (χ2n) is 7.52. The average molecular weight is 293 g/mol. The van der Waals surface area contributed by atoms with Crippen molar-refractivity contribution in [2.24, 2.45) is 23.7 Å². The second kappa shape index (κ2) is 9.54. The standard InChI is InChI=1S/C20H36O/c1-3-4-5-6-17-7-11-19(12-8-17)20-13-9-18(10-14-20)15-16-21-2/h15-20H,3-14H2,1-2H3/b16-15+. The van der Waals surface area contributed by atoms with Crippen LogP contribution in [-0.2, 0) is 4.74 Å². The summed E-state index contributed by atoms with van der Waals surface area (Å²) < 4.78 is 5.06. The molecule has 2 aliphatic carbocycles. The predicted octanol–water partition coefficient (Wildman–Crippen LogP) is 6.34. The van der Waals surface area contributed by atoms with Gasteiger partial charge in [-0.05, 0) is 68.3 Å². The molecule has 0 heterocycles. The molecular formula is C20H36O. The maximum Gasteiger partial charge on any atom is 0.0787 e. The van der Waals surface area contributed by atoms with Gasteiger partial charge in [0, 0.05) is 0 Å². The molecule has 0 aromatic carbocycles. The fraction of sp³-hybridized carbons (Fsp3) is 0.900. The van der Waals surface area contributed by atoms with Crippen molar-refractivity contribution in [1.82, 2.24) is 0 Å². The number of hydrogen-bond donors (Lipinski definition) is 0. The van der Waals surface area contributed by atoms with Crippen LogP contribution in [0.1, 0.15) is 84.0 Å². The van der Waals surface area contributed by atoms with Crippen molar-refractivity contribution in [1.29, 1.82) is 0 Å². The number of methoxy groups -OCH3 is 1. The number of ether oxygens (including phenoxy) is 1. The Kier molecular flexibility index (Phi) is 7.68. The molecule has 2 saturated carbocycles. The van der Waals surface area contributed by atoms with Crippen LogP contribution in [0.25, 0.3) is 0 Å². The van der Waals surface area contributed by atoms with Crippen LogP contribution in [0.2, 0.25) is 0 Å². The molecule has 2 rings (SSSR count). The van der Waals surface area contributed by atoms with E-state index in [0.717, 1.165) is 23.7 Å². The second-order valence-corrected chi connectivity index (χ2v) is 7.52. The van der Waals surface area contributed by atoms with Gasteiger partial charge >= 0.3 is 0 Å². The van der Waals surface area contributed by atoms with E-state index >= 15 is 0 Å². The Morgan fingerprint density at radius 3 is 2.05 bits per heavy atom. The van der Waals surface area contributed by atoms with Gasteiger partial charge in [0.15, 0.2) is 0 Å². The van der Waals surface area contributed by atoms with Crippen LogP contribution in [0.15, 0.2) is 12.3 Å². The van der Waals surface area contributed by atoms with Gasteiger partial charge in [0.2, 0.25) is 0 Å². The highest BCUT2D eigenvalue weighted by Crippen LogP contribution is 2.42. The molecule has 1 heteroatoms. The highest BCUT2D eigenvalue weighted by molar-refractivity contribution is 4.89. The van der Waals surface area contributed by atoms with E-state index in [1.165, 1.54) is 77.0 Å². The topological polar surface area (TPSA) is 9.23 Å². The zero-order chi connectivity index (χ0) is 14.9. The molecule has 0 aromatic heterocycles. The van der Waals surface area contributed by atoms with E-state index in [9.17, 15) is 0 Å². The highest BCUT2D eigenvalue weighted by Gasteiger charge is 2.30. The minimum Gasteiger partial charge on any atom is -0.505 e. The minimum absolute atomic E-state index is 0.784. The van der Waals surface area contributed by atoms with Gasteiger partial charge in [0.05, 0.1) is 13.4 Å². The fourth-order valence-corrected chi connectivity index (χ4v) is 4.63. The largest absolute Gasteiger partial charge is 0.505 e. The lowest BCUT2D eigenvalue weighted by Gasteiger charge is -2.37. The summed E-state index contributed by atoms with van der Waals surface area (Å²) in [5, 5.41) is 0. The molecule has 0 aromatic rings. The van der Waals surface area contributed by atoms with Crippen molar-refractivity contribution in [2.75, 3.05) is 7.11 Å². The normalized spacial score (nSPS) is 34.2. The molecule has 0 amide bonds. The summed E-state index contributed by atoms with van der Waals surface area (Å²) in [5.74, 6) is 3.94. The molecule has 0 atom stereocenters. The zero-order valence-electron chi connectivity index (χ0n) is 14.4. The Balaban J connectivity index is 1.63. The van der Waals surface area contributed by atoms with E-state index < -0.39 is 0 Å². The molecule has 0 bridgehead atoms. The van der Waals surface area contributed by atoms with Crippen LogP contribution in [0.5, 0.6) is 0 Å². The Morgan fingerprint density at radius 2 is 1.48 bits per heavy atom. The van der Waals surface area contributed by atoms with Gasteiger partial charge in [0.1, 0.15) is 0 Å². The zero-order valence-corrected chi connectivity index (χ0v) is 14.4. The molecule has 0 spiro atoms. The van der Waals surface area contributed by atoms with Gasteiger partial charge in [-0.2, -0.15) is 0 Å². The summed E-state index contributed by atoms with van der Waals surface area (Å²) >= 11 is 0. The van der Waals surface area contributed by atoms with E-state index in [1.807, 2.05) is 6.26 Å². The molecule has 0 N–H and O–H groups in total. The molecule has 0 aliphatic heterocycles. The first-order chi connectivity index (χ1) is 10.3. The number of allylic oxidation sites excluding steroid dienone is 1. The molecule has 21 heavy (non-hydrogen) atoms. The maximum absolute atomic E-state index is 5.06. The average Bonchev–Trinajstić information content (AvgIpc) is 2.54. The first-order valence-corrected chi connectivity index (χ1v) is 9.53. The predicted molar refractivity (Wildman–Crippen MR) is 91.2 cm³/mol. The van der Waals surface area contributed by atoms with Crippen molar-refractivity contribution in [3.63, 3.8) is 0 Å². The van der Waals surface area contributed by atoms with Gasteiger partial charge in [-0.15, -0.1) is 0 Å². The van der Waals surface area contributed by atoms with Crippen molar-refractivity contribution in [3.8, 4) is 0 Å². The van der Waals surface area contributed by atoms with Gasteiger partial charge in [0.25, 0.3) is 0 Å². The van der Waals surface area contributed by atoms with E-state index in [1.54, 1.807) is 7.11 Å². The van der Waals surface area contributed by atoms with E-state index in [2.05, 4.69) is 13.0 Å². The van der Waals surface area contributed by atoms with Gasteiger partial charge in [-0.1, -0.05) is 45.4 Å². The molecular weight excluding hydrogens is 256 g/mol. The minimum atomic E-state index is 0.784. The van der Waals surface area contributed by atoms with Crippen LogP contribution in [0, 0.1) is 23.7 Å². The fourth-order valence-electron chi connectivity index (χ4n) is 4.63. The van der Waals surface area contributed by atoms with Gasteiger partial charge in [-0.25, -0.2) is 0 Å². The monoisotopic (exact) mass is 292 g/mol. The summed E-state index contributed by atoms with van der Waals surface area (Å²) in [6.07, 6.45) is 21.8. The number of hydrogen-bond acceptors (Lipinski definition) is 1. The molecule has 1 nitrogen and oxygen atoms in total. The van der Waals surface area contributed by atoms with Crippen LogP contribution in [0.4, 0.5) is 0 Å². The summed E-state index contributed by atoms with van der Waals surface area (Å²) in [4.78, 5) is 0. The molecule has 2 fully saturated rings. The lowest BCUT2D eigenvalue weighted by molar-refractivity contribution is 0.151. The van der Waals surface area contributed by atoms with Crippen LogP contribution >= 0.6 is 0 Å². The first kappa shape index (κ1) is 16.9. The Labute approximate surface area is 132 Å². The number of unbranched alkanes of at least 4 members (excludes halogenated alkanes) is 2. The summed E-state index contributed by atoms with van der Waals surface area (Å²) in [6, 6.07) is 0. The van der Waals surface area contributed by atoms with Crippen LogP contribution in [0.3, 0.4) is 0 Å². The van der Waals surface area contributed by atoms with E-state index in [4.69, 9.17) is 4.74 Å². The third-order valence-electron chi connectivity index (χ3n) is 6.08. The molecule has 2 aliphatic rings. The quantitative estimate of drug-likeness (QED) is 0.393. The molecule has 0 saturated heterocycles. The van der Waals surface area contributed by atoms with E-state index in [-0.39, 0.29) is 0 Å². The molecule has 122 valence electrons.